The Hall–Kier alpha value is -3.74. The van der Waals surface area contributed by atoms with Crippen molar-refractivity contribution in [2.75, 3.05) is 52.8 Å². The van der Waals surface area contributed by atoms with Crippen molar-refractivity contribution in [1.29, 1.82) is 0 Å². The highest BCUT2D eigenvalue weighted by Crippen LogP contribution is 2.20. The molecule has 0 aromatic heterocycles. The van der Waals surface area contributed by atoms with Crippen LogP contribution in [0.25, 0.3) is 0 Å². The molecule has 0 heterocycles. The van der Waals surface area contributed by atoms with Crippen molar-refractivity contribution in [1.82, 2.24) is 0 Å². The van der Waals surface area contributed by atoms with E-state index in [0.29, 0.717) is 49.2 Å². The molecule has 78 heavy (non-hydrogen) atoms. The lowest BCUT2D eigenvalue weighted by atomic mass is 10.1. The van der Waals surface area contributed by atoms with Gasteiger partial charge in [-0.2, -0.15) is 0 Å². The first-order valence-electron chi connectivity index (χ1n) is 22.7. The second kappa shape index (κ2) is 64.1. The number of sulfone groups is 1. The summed E-state index contributed by atoms with van der Waals surface area (Å²) < 4.78 is 61.3. The van der Waals surface area contributed by atoms with Gasteiger partial charge in [-0.15, -0.1) is 11.8 Å². The predicted octanol–water partition coefficient (Wildman–Crippen LogP) is 15.9. The molecule has 16 heteroatoms. The summed E-state index contributed by atoms with van der Waals surface area (Å²) in [6.45, 7) is 11.7. The van der Waals surface area contributed by atoms with Crippen LogP contribution in [-0.2, 0) is 68.3 Å². The minimum Gasteiger partial charge on any atom is -0.381 e. The first-order valence-corrected chi connectivity index (χ1v) is 26.6. The highest BCUT2D eigenvalue weighted by Gasteiger charge is 2.19. The van der Waals surface area contributed by atoms with Gasteiger partial charge in [0.25, 0.3) is 0 Å². The van der Waals surface area contributed by atoms with Gasteiger partial charge < -0.3 is 23.7 Å². The summed E-state index contributed by atoms with van der Waals surface area (Å²) in [5.74, 6) is 2.16. The minimum atomic E-state index is -3.29. The molecule has 3 aromatic carbocycles. The van der Waals surface area contributed by atoms with E-state index in [-0.39, 0.29) is 146 Å². The molecule has 464 valence electrons. The summed E-state index contributed by atoms with van der Waals surface area (Å²) in [6, 6.07) is 27.9. The molecule has 6 unspecified atom stereocenters. The number of carbonyl (C=O) groups excluding carboxylic acids is 5. The Labute approximate surface area is 488 Å². The van der Waals surface area contributed by atoms with Gasteiger partial charge in [0.05, 0.1) is 52.0 Å². The Bertz CT molecular complexity index is 1930. The number of hydrogen-bond donors (Lipinski definition) is 0. The molecule has 3 rings (SSSR count). The maximum Gasteiger partial charge on any atom is 0.178 e. The van der Waals surface area contributed by atoms with Crippen molar-refractivity contribution in [3.63, 3.8) is 0 Å². The number of benzene rings is 3. The molecule has 0 fully saturated rings. The summed E-state index contributed by atoms with van der Waals surface area (Å²) in [5.41, 5.74) is 0. The van der Waals surface area contributed by atoms with E-state index >= 15 is 0 Å². The smallest absolute Gasteiger partial charge is 0.178 e. The van der Waals surface area contributed by atoms with Gasteiger partial charge in [0.1, 0.15) is 28.9 Å². The van der Waals surface area contributed by atoms with Crippen LogP contribution < -0.4 is 0 Å². The Balaban J connectivity index is -0.0000000695. The van der Waals surface area contributed by atoms with Crippen LogP contribution in [0.4, 0.5) is 0 Å². The molecule has 6 atom stereocenters. The Morgan fingerprint density at radius 3 is 1.13 bits per heavy atom. The van der Waals surface area contributed by atoms with Crippen LogP contribution in [0.2, 0.25) is 0 Å². The van der Waals surface area contributed by atoms with Crippen molar-refractivity contribution in [2.45, 2.75) is 226 Å². The van der Waals surface area contributed by atoms with E-state index in [2.05, 4.69) is 12.1 Å². The van der Waals surface area contributed by atoms with Crippen LogP contribution in [-0.4, -0.2) is 125 Å². The van der Waals surface area contributed by atoms with E-state index in [1.165, 1.54) is 18.9 Å². The van der Waals surface area contributed by atoms with E-state index in [4.69, 9.17) is 23.7 Å². The quantitative estimate of drug-likeness (QED) is 0.0626. The second-order valence-electron chi connectivity index (χ2n) is 15.9. The molecule has 13 nitrogen and oxygen atoms in total. The number of rotatable bonds is 28. The lowest BCUT2D eigenvalue weighted by Gasteiger charge is -2.13. The normalized spacial score (nSPS) is 11.6. The van der Waals surface area contributed by atoms with Crippen molar-refractivity contribution in [2.24, 2.45) is 0 Å². The number of hydrogen-bond acceptors (Lipinski definition) is 14. The average molecular weight is 1170 g/mol. The van der Waals surface area contributed by atoms with Crippen LogP contribution in [0.15, 0.2) is 106 Å². The SMILES string of the molecule is C.C.C.C.C.C.C.C.C.C.CCC(CC(C)=O)OC.COC(C)CC(C)=O.COC(CCS(=O)(=O)c1ccccc1)CC(C)=O.COC(CCS(=O)c1ccccc1)CC(C)=O.COC(CCSc1ccccc1)CC(C)=O. The molecule has 0 bridgehead atoms. The van der Waals surface area contributed by atoms with Crippen LogP contribution >= 0.6 is 11.8 Å². The maximum atomic E-state index is 12.0. The van der Waals surface area contributed by atoms with Gasteiger partial charge in [0.15, 0.2) is 9.84 Å². The molecule has 0 saturated carbocycles. The third kappa shape index (κ3) is 58.4. The Morgan fingerprint density at radius 2 is 0.808 bits per heavy atom. The molecule has 0 aliphatic carbocycles. The zero-order valence-corrected chi connectivity index (χ0v) is 45.0. The summed E-state index contributed by atoms with van der Waals surface area (Å²) in [5, 5.41) is 0. The fourth-order valence-corrected chi connectivity index (χ4v) is 9.38. The van der Waals surface area contributed by atoms with Gasteiger partial charge in [0, 0.05) is 88.9 Å². The zero-order valence-electron chi connectivity index (χ0n) is 42.6. The second-order valence-corrected chi connectivity index (χ2v) is 20.8. The van der Waals surface area contributed by atoms with Crippen molar-refractivity contribution < 1.29 is 60.3 Å². The molecule has 0 aliphatic heterocycles. The average Bonchev–Trinajstić information content (AvgIpc) is 3.31. The summed E-state index contributed by atoms with van der Waals surface area (Å²) in [4.78, 5) is 56.1. The summed E-state index contributed by atoms with van der Waals surface area (Å²) >= 11 is 1.80. The van der Waals surface area contributed by atoms with E-state index in [0.717, 1.165) is 23.5 Å². The molecular weight excluding hydrogens is 1050 g/mol. The third-order valence-electron chi connectivity index (χ3n) is 9.72. The monoisotopic (exact) mass is 1170 g/mol. The zero-order chi connectivity index (χ0) is 51.9. The molecular formula is C62H120O13S3. The Kier molecular flexibility index (Phi) is 84.5. The molecule has 0 saturated heterocycles. The van der Waals surface area contributed by atoms with Crippen molar-refractivity contribution in [3.8, 4) is 0 Å². The van der Waals surface area contributed by atoms with Crippen LogP contribution in [0, 0.1) is 0 Å². The van der Waals surface area contributed by atoms with E-state index in [1.807, 2.05) is 62.4 Å². The number of thioether (sulfide) groups is 1. The minimum absolute atomic E-state index is 0. The molecule has 0 radical (unpaired) electrons. The molecule has 0 N–H and O–H groups in total. The number of methoxy groups -OCH3 is 5. The molecule has 0 aliphatic rings. The van der Waals surface area contributed by atoms with Gasteiger partial charge in [-0.1, -0.05) is 136 Å². The van der Waals surface area contributed by atoms with Gasteiger partial charge in [-0.3, -0.25) is 28.2 Å². The first-order chi connectivity index (χ1) is 32.2. The standard InChI is InChI=1S/C13H18O4S.C13H18O3S.C13H18O2S.C7H14O2.C6H12O2.10CH4/c1-11(14)10-12(17-2)8-9-18(15,16)13-6-4-3-5-7-13;1-11(14)10-12(16-2)8-9-17(15)13-6-4-3-5-7-13;1-11(14)10-12(15-2)8-9-16-13-6-4-3-5-7-13;1-4-7(9-3)5-6(2)8;1-5(7)4-6(2)8-3;;;;;;;;;;/h3-7,12H,8-10H2,1-2H3;3-7,12H,8-10H2,1-2H3;3-7,12H,8-10H2,1-2H3;7H,4-5H2,1-3H3;6H,4H2,1-3H3;10*1H4. The number of ketones is 5. The Morgan fingerprint density at radius 1 is 0.474 bits per heavy atom. The van der Waals surface area contributed by atoms with E-state index < -0.39 is 20.6 Å². The van der Waals surface area contributed by atoms with Crippen molar-refractivity contribution in [3.05, 3.63) is 91.0 Å². The molecule has 3 aromatic rings. The first kappa shape index (κ1) is 103. The number of carbonyl (C=O) groups is 5. The van der Waals surface area contributed by atoms with Crippen LogP contribution in [0.1, 0.15) is 181 Å². The van der Waals surface area contributed by atoms with E-state index in [1.54, 1.807) is 98.2 Å². The fraction of sp³-hybridized carbons (Fsp3) is 0.629. The lowest BCUT2D eigenvalue weighted by molar-refractivity contribution is -0.120. The number of Topliss-reactive ketones (excluding diaryl/α,β-unsaturated/α-hetero) is 5. The summed E-state index contributed by atoms with van der Waals surface area (Å²) in [6.07, 6.45) is 4.83. The van der Waals surface area contributed by atoms with Gasteiger partial charge in [-0.05, 0) is 104 Å². The van der Waals surface area contributed by atoms with Gasteiger partial charge in [-0.25, -0.2) is 8.42 Å². The van der Waals surface area contributed by atoms with Crippen LogP contribution in [0.3, 0.4) is 0 Å². The number of ether oxygens (including phenoxy) is 5. The molecule has 0 spiro atoms. The highest BCUT2D eigenvalue weighted by molar-refractivity contribution is 7.99. The van der Waals surface area contributed by atoms with Gasteiger partial charge in [0.2, 0.25) is 0 Å². The maximum absolute atomic E-state index is 12.0. The summed E-state index contributed by atoms with van der Waals surface area (Å²) in [7, 11) is 3.68. The largest absolute Gasteiger partial charge is 0.381 e. The highest BCUT2D eigenvalue weighted by atomic mass is 32.2. The fourth-order valence-electron chi connectivity index (χ4n) is 5.86. The van der Waals surface area contributed by atoms with Crippen molar-refractivity contribution >= 4 is 61.3 Å². The molecule has 0 amide bonds. The lowest BCUT2D eigenvalue weighted by Crippen LogP contribution is -2.19. The van der Waals surface area contributed by atoms with Crippen LogP contribution in [0.5, 0.6) is 0 Å². The van der Waals surface area contributed by atoms with Gasteiger partial charge >= 0.3 is 0 Å². The predicted molar refractivity (Wildman–Crippen MR) is 341 cm³/mol. The topological polar surface area (TPSA) is 183 Å². The third-order valence-corrected chi connectivity index (χ3v) is 13.9. The van der Waals surface area contributed by atoms with E-state index in [9.17, 15) is 36.6 Å².